The van der Waals surface area contributed by atoms with Crippen LogP contribution in [-0.4, -0.2) is 33.3 Å². The number of hydrogen-bond acceptors (Lipinski definition) is 4. The third-order valence-electron chi connectivity index (χ3n) is 3.44. The zero-order valence-electron chi connectivity index (χ0n) is 11.4. The Labute approximate surface area is 109 Å². The van der Waals surface area contributed by atoms with Crippen molar-refractivity contribution in [3.05, 3.63) is 0 Å². The number of methoxy groups -OCH3 is 1. The minimum Gasteiger partial charge on any atom is -0.469 e. The average molecular weight is 277 g/mol. The van der Waals surface area contributed by atoms with Crippen LogP contribution < -0.4 is 4.72 Å². The number of ether oxygens (including phenoxy) is 1. The van der Waals surface area contributed by atoms with Crippen LogP contribution in [-0.2, 0) is 19.6 Å². The van der Waals surface area contributed by atoms with Crippen LogP contribution in [0.4, 0.5) is 0 Å². The number of nitrogens with one attached hydrogen (secondary N) is 1. The van der Waals surface area contributed by atoms with Crippen LogP contribution in [0.15, 0.2) is 0 Å². The maximum absolute atomic E-state index is 12.1. The molecule has 0 spiro atoms. The molecule has 1 saturated carbocycles. The molecule has 0 aliphatic heterocycles. The zero-order valence-corrected chi connectivity index (χ0v) is 12.2. The molecule has 0 amide bonds. The van der Waals surface area contributed by atoms with Gasteiger partial charge < -0.3 is 4.74 Å². The minimum atomic E-state index is -3.32. The molecule has 106 valence electrons. The Morgan fingerprint density at radius 3 is 2.33 bits per heavy atom. The highest BCUT2D eigenvalue weighted by Gasteiger charge is 2.33. The molecular weight excluding hydrogens is 254 g/mol. The first-order chi connectivity index (χ1) is 8.29. The van der Waals surface area contributed by atoms with Crippen molar-refractivity contribution in [3.63, 3.8) is 0 Å². The monoisotopic (exact) mass is 277 g/mol. The summed E-state index contributed by atoms with van der Waals surface area (Å²) >= 11 is 0. The summed E-state index contributed by atoms with van der Waals surface area (Å²) in [5.74, 6) is -0.408. The molecule has 1 rings (SSSR count). The first-order valence-corrected chi connectivity index (χ1v) is 7.91. The lowest BCUT2D eigenvalue weighted by atomic mass is 9.94. The van der Waals surface area contributed by atoms with Crippen LogP contribution in [0.3, 0.4) is 0 Å². The Kier molecular flexibility index (Phi) is 5.16. The van der Waals surface area contributed by atoms with Gasteiger partial charge in [0, 0.05) is 6.54 Å². The summed E-state index contributed by atoms with van der Waals surface area (Å²) in [5.41, 5.74) is -0.837. The average Bonchev–Trinajstić information content (AvgIpc) is 2.36. The lowest BCUT2D eigenvalue weighted by Gasteiger charge is -2.26. The number of esters is 1. The summed E-state index contributed by atoms with van der Waals surface area (Å²) < 4.78 is 31.4. The van der Waals surface area contributed by atoms with Crippen molar-refractivity contribution in [2.75, 3.05) is 13.7 Å². The van der Waals surface area contributed by atoms with Crippen LogP contribution in [0.25, 0.3) is 0 Å². The second kappa shape index (κ2) is 6.02. The van der Waals surface area contributed by atoms with Crippen molar-refractivity contribution in [1.29, 1.82) is 0 Å². The molecule has 0 saturated heterocycles. The lowest BCUT2D eigenvalue weighted by Crippen LogP contribution is -2.43. The van der Waals surface area contributed by atoms with Gasteiger partial charge in [-0.3, -0.25) is 4.79 Å². The third kappa shape index (κ3) is 3.95. The molecule has 1 N–H and O–H groups in total. The summed E-state index contributed by atoms with van der Waals surface area (Å²) in [5, 5.41) is -0.306. The Balaban J connectivity index is 2.58. The Morgan fingerprint density at radius 1 is 1.28 bits per heavy atom. The Hall–Kier alpha value is -0.620. The number of carbonyl (C=O) groups is 1. The smallest absolute Gasteiger partial charge is 0.312 e. The molecular formula is C12H23NO4S. The van der Waals surface area contributed by atoms with Crippen LogP contribution in [0.5, 0.6) is 0 Å². The number of carbonyl (C=O) groups excluding carboxylic acids is 1. The van der Waals surface area contributed by atoms with E-state index < -0.39 is 21.4 Å². The van der Waals surface area contributed by atoms with Gasteiger partial charge in [-0.1, -0.05) is 19.3 Å². The number of rotatable bonds is 5. The largest absolute Gasteiger partial charge is 0.469 e. The highest BCUT2D eigenvalue weighted by Crippen LogP contribution is 2.24. The van der Waals surface area contributed by atoms with Crippen molar-refractivity contribution in [2.45, 2.75) is 51.2 Å². The van der Waals surface area contributed by atoms with Gasteiger partial charge in [0.15, 0.2) is 0 Å². The van der Waals surface area contributed by atoms with Crippen LogP contribution >= 0.6 is 0 Å². The van der Waals surface area contributed by atoms with Gasteiger partial charge in [-0.25, -0.2) is 13.1 Å². The van der Waals surface area contributed by atoms with Crippen molar-refractivity contribution in [3.8, 4) is 0 Å². The van der Waals surface area contributed by atoms with E-state index in [1.807, 2.05) is 0 Å². The molecule has 0 radical (unpaired) electrons. The minimum absolute atomic E-state index is 0.0819. The summed E-state index contributed by atoms with van der Waals surface area (Å²) in [6.45, 7) is 3.42. The van der Waals surface area contributed by atoms with Crippen molar-refractivity contribution in [1.82, 2.24) is 4.72 Å². The molecule has 0 heterocycles. The van der Waals surface area contributed by atoms with Gasteiger partial charge in [-0.2, -0.15) is 0 Å². The van der Waals surface area contributed by atoms with Crippen molar-refractivity contribution < 1.29 is 17.9 Å². The highest BCUT2D eigenvalue weighted by atomic mass is 32.2. The van der Waals surface area contributed by atoms with Gasteiger partial charge in [0.25, 0.3) is 0 Å². The molecule has 0 unspecified atom stereocenters. The fourth-order valence-corrected chi connectivity index (χ4v) is 3.87. The summed E-state index contributed by atoms with van der Waals surface area (Å²) in [6.07, 6.45) is 4.47. The van der Waals surface area contributed by atoms with E-state index in [-0.39, 0.29) is 11.8 Å². The third-order valence-corrected chi connectivity index (χ3v) is 5.34. The van der Waals surface area contributed by atoms with Gasteiger partial charge in [-0.05, 0) is 26.7 Å². The van der Waals surface area contributed by atoms with E-state index in [1.165, 1.54) is 7.11 Å². The predicted molar refractivity (Wildman–Crippen MR) is 69.6 cm³/mol. The zero-order chi connectivity index (χ0) is 13.8. The number of hydrogen-bond donors (Lipinski definition) is 1. The van der Waals surface area contributed by atoms with E-state index in [0.29, 0.717) is 12.8 Å². The number of sulfonamides is 1. The maximum Gasteiger partial charge on any atom is 0.312 e. The van der Waals surface area contributed by atoms with E-state index >= 15 is 0 Å². The summed E-state index contributed by atoms with van der Waals surface area (Å²) in [7, 11) is -2.01. The summed E-state index contributed by atoms with van der Waals surface area (Å²) in [4.78, 5) is 11.5. The van der Waals surface area contributed by atoms with Gasteiger partial charge in [0.05, 0.1) is 17.8 Å². The predicted octanol–water partition coefficient (Wildman–Crippen LogP) is 1.44. The second-order valence-corrected chi connectivity index (χ2v) is 7.55. The molecule has 0 atom stereocenters. The second-order valence-electron chi connectivity index (χ2n) is 5.50. The maximum atomic E-state index is 12.1. The molecule has 1 aliphatic rings. The summed E-state index contributed by atoms with van der Waals surface area (Å²) in [6, 6.07) is 0. The molecule has 5 nitrogen and oxygen atoms in total. The molecule has 0 aromatic heterocycles. The Bertz CT molecular complexity index is 383. The molecule has 1 fully saturated rings. The van der Waals surface area contributed by atoms with Crippen molar-refractivity contribution >= 4 is 16.0 Å². The topological polar surface area (TPSA) is 72.5 Å². The standard InChI is InChI=1S/C12H23NO4S/c1-12(2,11(14)17-3)9-13-18(15,16)10-7-5-4-6-8-10/h10,13H,4-9H2,1-3H3. The molecule has 6 heteroatoms. The SMILES string of the molecule is COC(=O)C(C)(C)CNS(=O)(=O)C1CCCCC1. The van der Waals surface area contributed by atoms with Crippen molar-refractivity contribution in [2.24, 2.45) is 5.41 Å². The van der Waals surface area contributed by atoms with Crippen LogP contribution in [0.2, 0.25) is 0 Å². The van der Waals surface area contributed by atoms with E-state index in [2.05, 4.69) is 9.46 Å². The first-order valence-electron chi connectivity index (χ1n) is 6.36. The molecule has 0 aromatic carbocycles. The van der Waals surface area contributed by atoms with E-state index in [0.717, 1.165) is 19.3 Å². The first kappa shape index (κ1) is 15.4. The highest BCUT2D eigenvalue weighted by molar-refractivity contribution is 7.90. The van der Waals surface area contributed by atoms with E-state index in [4.69, 9.17) is 0 Å². The fraction of sp³-hybridized carbons (Fsp3) is 0.917. The van der Waals surface area contributed by atoms with Gasteiger partial charge in [0.1, 0.15) is 0 Å². The van der Waals surface area contributed by atoms with E-state index in [1.54, 1.807) is 13.8 Å². The molecule has 0 bridgehead atoms. The Morgan fingerprint density at radius 2 is 1.83 bits per heavy atom. The normalized spacial score (nSPS) is 18.6. The van der Waals surface area contributed by atoms with Crippen LogP contribution in [0, 0.1) is 5.41 Å². The quantitative estimate of drug-likeness (QED) is 0.772. The van der Waals surface area contributed by atoms with Gasteiger partial charge in [0.2, 0.25) is 10.0 Å². The molecule has 0 aromatic rings. The van der Waals surface area contributed by atoms with Gasteiger partial charge >= 0.3 is 5.97 Å². The lowest BCUT2D eigenvalue weighted by molar-refractivity contribution is -0.150. The van der Waals surface area contributed by atoms with Crippen LogP contribution in [0.1, 0.15) is 46.0 Å². The van der Waals surface area contributed by atoms with E-state index in [9.17, 15) is 13.2 Å². The molecule has 1 aliphatic carbocycles. The fourth-order valence-electron chi connectivity index (χ4n) is 2.12. The molecule has 18 heavy (non-hydrogen) atoms. The van der Waals surface area contributed by atoms with Gasteiger partial charge in [-0.15, -0.1) is 0 Å².